The lowest BCUT2D eigenvalue weighted by Gasteiger charge is -2.17. The number of carbonyl (C=O) groups is 1. The minimum atomic E-state index is 0.116. The van der Waals surface area contributed by atoms with E-state index in [0.29, 0.717) is 17.5 Å². The number of likely N-dealkylation sites (tertiary alicyclic amines) is 1. The zero-order valence-electron chi connectivity index (χ0n) is 12.3. The molecular formula is C17H21N3O. The molecule has 0 spiro atoms. The number of nitrogens with zero attached hydrogens (tertiary/aromatic N) is 1. The maximum atomic E-state index is 12.7. The van der Waals surface area contributed by atoms with E-state index in [1.165, 1.54) is 12.0 Å². The zero-order valence-corrected chi connectivity index (χ0v) is 12.3. The van der Waals surface area contributed by atoms with Crippen LogP contribution in [0.1, 0.15) is 28.9 Å². The molecule has 1 saturated carbocycles. The Morgan fingerprint density at radius 1 is 1.29 bits per heavy atom. The van der Waals surface area contributed by atoms with Gasteiger partial charge in [-0.15, -0.1) is 0 Å². The normalized spacial score (nSPS) is 28.3. The van der Waals surface area contributed by atoms with Crippen LogP contribution in [0.4, 0.5) is 0 Å². The van der Waals surface area contributed by atoms with Crippen LogP contribution in [0.2, 0.25) is 0 Å². The largest absolute Gasteiger partial charge is 0.351 e. The van der Waals surface area contributed by atoms with Crippen molar-refractivity contribution in [2.75, 3.05) is 13.1 Å². The molecule has 0 bridgehead atoms. The molecule has 21 heavy (non-hydrogen) atoms. The highest BCUT2D eigenvalue weighted by Crippen LogP contribution is 2.37. The highest BCUT2D eigenvalue weighted by atomic mass is 16.2. The van der Waals surface area contributed by atoms with Crippen LogP contribution in [-0.2, 0) is 0 Å². The van der Waals surface area contributed by atoms with Crippen molar-refractivity contribution >= 4 is 16.8 Å². The van der Waals surface area contributed by atoms with E-state index < -0.39 is 0 Å². The first kappa shape index (κ1) is 12.9. The number of aromatic amines is 1. The van der Waals surface area contributed by atoms with Gasteiger partial charge in [-0.1, -0.05) is 12.1 Å². The molecule has 2 heterocycles. The predicted octanol–water partition coefficient (Wildman–Crippen LogP) is 2.29. The summed E-state index contributed by atoms with van der Waals surface area (Å²) < 4.78 is 0. The number of benzene rings is 1. The number of fused-ring (bicyclic) bond motifs is 2. The van der Waals surface area contributed by atoms with E-state index in [9.17, 15) is 4.79 Å². The van der Waals surface area contributed by atoms with Crippen molar-refractivity contribution in [2.24, 2.45) is 17.6 Å². The van der Waals surface area contributed by atoms with Gasteiger partial charge in [-0.05, 0) is 49.3 Å². The maximum absolute atomic E-state index is 12.7. The maximum Gasteiger partial charge on any atom is 0.270 e. The van der Waals surface area contributed by atoms with Crippen LogP contribution >= 0.6 is 0 Å². The fraction of sp³-hybridized carbons (Fsp3) is 0.471. The summed E-state index contributed by atoms with van der Waals surface area (Å²) in [5.41, 5.74) is 9.09. The summed E-state index contributed by atoms with van der Waals surface area (Å²) in [5, 5.41) is 1.10. The monoisotopic (exact) mass is 283 g/mol. The molecule has 2 aliphatic rings. The number of hydrogen-bond acceptors (Lipinski definition) is 2. The van der Waals surface area contributed by atoms with E-state index >= 15 is 0 Å². The summed E-state index contributed by atoms with van der Waals surface area (Å²) in [6.07, 6.45) is 2.28. The zero-order chi connectivity index (χ0) is 14.6. The van der Waals surface area contributed by atoms with Crippen LogP contribution in [0.3, 0.4) is 0 Å². The van der Waals surface area contributed by atoms with E-state index in [4.69, 9.17) is 5.73 Å². The first-order chi connectivity index (χ1) is 10.1. The third-order valence-electron chi connectivity index (χ3n) is 5.21. The van der Waals surface area contributed by atoms with Gasteiger partial charge in [-0.3, -0.25) is 4.79 Å². The fourth-order valence-electron chi connectivity index (χ4n) is 4.00. The molecule has 4 nitrogen and oxygen atoms in total. The number of carbonyl (C=O) groups excluding carboxylic acids is 1. The summed E-state index contributed by atoms with van der Waals surface area (Å²) in [6.45, 7) is 3.75. The standard InChI is InChI=1S/C17H21N3O/c1-10-2-3-11-7-16(19-15(11)6-10)17(21)20-8-12-4-5-14(18)13(12)9-20/h2-3,6-7,12-14,19H,4-5,8-9,18H2,1H3. The molecule has 3 atom stereocenters. The number of nitrogens with one attached hydrogen (secondary N) is 1. The lowest BCUT2D eigenvalue weighted by molar-refractivity contribution is 0.0774. The SMILES string of the molecule is Cc1ccc2cc(C(=O)N3CC4CCC(N)C4C3)[nH]c2c1. The van der Waals surface area contributed by atoms with Crippen molar-refractivity contribution < 1.29 is 4.79 Å². The molecule has 1 aromatic heterocycles. The minimum absolute atomic E-state index is 0.116. The van der Waals surface area contributed by atoms with Gasteiger partial charge >= 0.3 is 0 Å². The van der Waals surface area contributed by atoms with Crippen LogP contribution < -0.4 is 5.73 Å². The average Bonchev–Trinajstić information content (AvgIpc) is 3.13. The number of nitrogens with two attached hydrogens (primary N) is 1. The lowest BCUT2D eigenvalue weighted by atomic mass is 9.98. The summed E-state index contributed by atoms with van der Waals surface area (Å²) in [6, 6.07) is 8.46. The van der Waals surface area contributed by atoms with Gasteiger partial charge in [0.1, 0.15) is 5.69 Å². The molecule has 1 aliphatic carbocycles. The van der Waals surface area contributed by atoms with Crippen LogP contribution in [0.5, 0.6) is 0 Å². The minimum Gasteiger partial charge on any atom is -0.351 e. The average molecular weight is 283 g/mol. The molecule has 2 aromatic rings. The molecule has 4 heteroatoms. The number of hydrogen-bond donors (Lipinski definition) is 2. The number of aryl methyl sites for hydroxylation is 1. The second-order valence-corrected chi connectivity index (χ2v) is 6.65. The Kier molecular flexibility index (Phi) is 2.82. The van der Waals surface area contributed by atoms with Gasteiger partial charge in [0.25, 0.3) is 5.91 Å². The third kappa shape index (κ3) is 2.05. The van der Waals surface area contributed by atoms with Crippen molar-refractivity contribution in [3.05, 3.63) is 35.5 Å². The quantitative estimate of drug-likeness (QED) is 0.843. The third-order valence-corrected chi connectivity index (χ3v) is 5.21. The molecule has 1 saturated heterocycles. The molecule has 0 radical (unpaired) electrons. The summed E-state index contributed by atoms with van der Waals surface area (Å²) >= 11 is 0. The lowest BCUT2D eigenvalue weighted by Crippen LogP contribution is -2.33. The summed E-state index contributed by atoms with van der Waals surface area (Å²) in [7, 11) is 0. The first-order valence-corrected chi connectivity index (χ1v) is 7.76. The summed E-state index contributed by atoms with van der Waals surface area (Å²) in [5.74, 6) is 1.22. The molecule has 1 aliphatic heterocycles. The Morgan fingerprint density at radius 3 is 2.95 bits per heavy atom. The number of H-pyrrole nitrogens is 1. The van der Waals surface area contributed by atoms with E-state index in [0.717, 1.165) is 30.4 Å². The van der Waals surface area contributed by atoms with Crippen LogP contribution in [0.25, 0.3) is 10.9 Å². The topological polar surface area (TPSA) is 62.1 Å². The molecule has 3 unspecified atom stereocenters. The van der Waals surface area contributed by atoms with Crippen molar-refractivity contribution in [3.63, 3.8) is 0 Å². The van der Waals surface area contributed by atoms with Gasteiger partial charge in [0.05, 0.1) is 0 Å². The van der Waals surface area contributed by atoms with Gasteiger partial charge < -0.3 is 15.6 Å². The summed E-state index contributed by atoms with van der Waals surface area (Å²) in [4.78, 5) is 17.9. The predicted molar refractivity (Wildman–Crippen MR) is 83.1 cm³/mol. The van der Waals surface area contributed by atoms with E-state index in [2.05, 4.69) is 30.1 Å². The molecule has 4 rings (SSSR count). The van der Waals surface area contributed by atoms with E-state index in [-0.39, 0.29) is 11.9 Å². The van der Waals surface area contributed by atoms with Crippen LogP contribution in [0.15, 0.2) is 24.3 Å². The molecule has 2 fully saturated rings. The van der Waals surface area contributed by atoms with Crippen LogP contribution in [-0.4, -0.2) is 34.9 Å². The Labute approximate surface area is 124 Å². The van der Waals surface area contributed by atoms with Gasteiger partial charge in [-0.25, -0.2) is 0 Å². The van der Waals surface area contributed by atoms with E-state index in [1.807, 2.05) is 11.0 Å². The van der Waals surface area contributed by atoms with Crippen molar-refractivity contribution in [2.45, 2.75) is 25.8 Å². The molecule has 3 N–H and O–H groups in total. The smallest absolute Gasteiger partial charge is 0.270 e. The van der Waals surface area contributed by atoms with Crippen molar-refractivity contribution in [3.8, 4) is 0 Å². The molecule has 1 aromatic carbocycles. The Hall–Kier alpha value is -1.81. The number of aromatic nitrogens is 1. The molecule has 110 valence electrons. The van der Waals surface area contributed by atoms with Gasteiger partial charge in [0, 0.05) is 30.0 Å². The van der Waals surface area contributed by atoms with Crippen LogP contribution in [0, 0.1) is 18.8 Å². The fourth-order valence-corrected chi connectivity index (χ4v) is 4.00. The number of rotatable bonds is 1. The van der Waals surface area contributed by atoms with Crippen molar-refractivity contribution in [1.82, 2.24) is 9.88 Å². The Morgan fingerprint density at radius 2 is 2.14 bits per heavy atom. The van der Waals surface area contributed by atoms with E-state index in [1.54, 1.807) is 0 Å². The highest BCUT2D eigenvalue weighted by molar-refractivity contribution is 5.98. The second-order valence-electron chi connectivity index (χ2n) is 6.65. The van der Waals surface area contributed by atoms with Gasteiger partial charge in [0.15, 0.2) is 0 Å². The molecular weight excluding hydrogens is 262 g/mol. The second kappa shape index (κ2) is 4.60. The Bertz CT molecular complexity index is 705. The Balaban J connectivity index is 1.59. The molecule has 1 amide bonds. The number of amides is 1. The first-order valence-electron chi connectivity index (χ1n) is 7.76. The highest BCUT2D eigenvalue weighted by Gasteiger charge is 2.42. The van der Waals surface area contributed by atoms with Gasteiger partial charge in [0.2, 0.25) is 0 Å². The van der Waals surface area contributed by atoms with Gasteiger partial charge in [-0.2, -0.15) is 0 Å². The van der Waals surface area contributed by atoms with Crippen molar-refractivity contribution in [1.29, 1.82) is 0 Å².